The Labute approximate surface area is 191 Å². The highest BCUT2D eigenvalue weighted by atomic mass is 32.1. The summed E-state index contributed by atoms with van der Waals surface area (Å²) in [6.07, 6.45) is 0. The van der Waals surface area contributed by atoms with Gasteiger partial charge in [0.05, 0.1) is 17.1 Å². The highest BCUT2D eigenvalue weighted by Gasteiger charge is 2.14. The van der Waals surface area contributed by atoms with Gasteiger partial charge in [-0.15, -0.1) is 11.3 Å². The van der Waals surface area contributed by atoms with Gasteiger partial charge in [0, 0.05) is 29.9 Å². The fraction of sp³-hybridized carbons (Fsp3) is 0.130. The number of benzene rings is 2. The van der Waals surface area contributed by atoms with Crippen LogP contribution in [0.4, 0.5) is 19.3 Å². The van der Waals surface area contributed by atoms with E-state index in [1.54, 1.807) is 6.07 Å². The van der Waals surface area contributed by atoms with Gasteiger partial charge in [0.15, 0.2) is 11.6 Å². The van der Waals surface area contributed by atoms with Gasteiger partial charge in [-0.25, -0.2) is 23.2 Å². The lowest BCUT2D eigenvalue weighted by molar-refractivity contribution is 0.251. The Kier molecular flexibility index (Phi) is 6.55. The zero-order valence-corrected chi connectivity index (χ0v) is 18.3. The summed E-state index contributed by atoms with van der Waals surface area (Å²) in [4.78, 5) is 29.7. The summed E-state index contributed by atoms with van der Waals surface area (Å²) in [7, 11) is 0. The fourth-order valence-corrected chi connectivity index (χ4v) is 4.13. The molecular formula is C23H19F2N5O2S. The maximum absolute atomic E-state index is 13.3. The van der Waals surface area contributed by atoms with Crippen molar-refractivity contribution in [2.24, 2.45) is 0 Å². The molecule has 0 aliphatic rings. The number of carbonyl (C=O) groups is 1. The van der Waals surface area contributed by atoms with Crippen molar-refractivity contribution in [3.8, 4) is 21.1 Å². The van der Waals surface area contributed by atoms with Crippen LogP contribution in [0.5, 0.6) is 0 Å². The van der Waals surface area contributed by atoms with Crippen LogP contribution in [-0.2, 0) is 6.54 Å². The Morgan fingerprint density at radius 3 is 2.61 bits per heavy atom. The van der Waals surface area contributed by atoms with Gasteiger partial charge in [-0.05, 0) is 25.1 Å². The molecule has 33 heavy (non-hydrogen) atoms. The molecule has 7 nitrogen and oxygen atoms in total. The number of thiazole rings is 1. The Morgan fingerprint density at radius 2 is 1.85 bits per heavy atom. The van der Waals surface area contributed by atoms with Crippen molar-refractivity contribution in [1.82, 2.24) is 20.1 Å². The minimum atomic E-state index is -1.06. The van der Waals surface area contributed by atoms with E-state index in [1.165, 1.54) is 28.2 Å². The molecule has 4 aromatic rings. The zero-order chi connectivity index (χ0) is 23.4. The molecule has 0 fully saturated rings. The zero-order valence-electron chi connectivity index (χ0n) is 17.5. The molecule has 2 N–H and O–H groups in total. The van der Waals surface area contributed by atoms with Crippen LogP contribution in [0.1, 0.15) is 5.69 Å². The third kappa shape index (κ3) is 5.29. The first-order valence-electron chi connectivity index (χ1n) is 10.0. The van der Waals surface area contributed by atoms with Crippen LogP contribution in [0.2, 0.25) is 0 Å². The van der Waals surface area contributed by atoms with E-state index < -0.39 is 17.7 Å². The molecule has 2 aromatic carbocycles. The highest BCUT2D eigenvalue weighted by Crippen LogP contribution is 2.33. The summed E-state index contributed by atoms with van der Waals surface area (Å²) in [5.41, 5.74) is 2.21. The van der Waals surface area contributed by atoms with Crippen LogP contribution in [0.3, 0.4) is 0 Å². The van der Waals surface area contributed by atoms with Gasteiger partial charge in [-0.3, -0.25) is 4.79 Å². The summed E-state index contributed by atoms with van der Waals surface area (Å²) in [6, 6.07) is 15.3. The average Bonchev–Trinajstić information content (AvgIpc) is 3.20. The largest absolute Gasteiger partial charge is 0.336 e. The summed E-state index contributed by atoms with van der Waals surface area (Å²) < 4.78 is 27.5. The lowest BCUT2D eigenvalue weighted by Crippen LogP contribution is -2.34. The first-order chi connectivity index (χ1) is 15.9. The number of nitrogens with one attached hydrogen (secondary N) is 2. The Balaban J connectivity index is 1.43. The van der Waals surface area contributed by atoms with E-state index in [-0.39, 0.29) is 24.3 Å². The van der Waals surface area contributed by atoms with Crippen molar-refractivity contribution in [3.63, 3.8) is 0 Å². The van der Waals surface area contributed by atoms with E-state index in [1.807, 2.05) is 37.3 Å². The van der Waals surface area contributed by atoms with E-state index in [0.717, 1.165) is 33.3 Å². The molecule has 0 bridgehead atoms. The topological polar surface area (TPSA) is 88.9 Å². The molecule has 0 spiro atoms. The lowest BCUT2D eigenvalue weighted by Gasteiger charge is -2.09. The number of carbonyl (C=O) groups excluding carboxylic acids is 1. The predicted octanol–water partition coefficient (Wildman–Crippen LogP) is 4.44. The molecule has 168 valence electrons. The minimum Gasteiger partial charge on any atom is -0.336 e. The van der Waals surface area contributed by atoms with Gasteiger partial charge in [0.2, 0.25) is 0 Å². The lowest BCUT2D eigenvalue weighted by atomic mass is 10.2. The number of rotatable bonds is 6. The van der Waals surface area contributed by atoms with Gasteiger partial charge in [0.1, 0.15) is 10.7 Å². The molecule has 4 rings (SSSR count). The number of nitrogens with zero attached hydrogens (tertiary/aromatic N) is 3. The molecule has 2 amide bonds. The SMILES string of the molecule is Cc1nc(-c2ccccc2)sc1-c1ccc(=O)n(CCNC(=O)Nc2ccc(F)c(F)c2)n1. The molecule has 0 aliphatic heterocycles. The van der Waals surface area contributed by atoms with E-state index in [9.17, 15) is 18.4 Å². The summed E-state index contributed by atoms with van der Waals surface area (Å²) >= 11 is 1.49. The van der Waals surface area contributed by atoms with Crippen molar-refractivity contribution < 1.29 is 13.6 Å². The van der Waals surface area contributed by atoms with Crippen LogP contribution in [0.25, 0.3) is 21.1 Å². The molecule has 10 heteroatoms. The molecular weight excluding hydrogens is 448 g/mol. The quantitative estimate of drug-likeness (QED) is 0.439. The summed E-state index contributed by atoms with van der Waals surface area (Å²) in [5, 5.41) is 10.2. The second kappa shape index (κ2) is 9.70. The van der Waals surface area contributed by atoms with Crippen LogP contribution < -0.4 is 16.2 Å². The summed E-state index contributed by atoms with van der Waals surface area (Å²) in [6.45, 7) is 2.11. The van der Waals surface area contributed by atoms with E-state index in [4.69, 9.17) is 0 Å². The first-order valence-corrected chi connectivity index (χ1v) is 10.8. The molecule has 0 atom stereocenters. The van der Waals surface area contributed by atoms with Crippen molar-refractivity contribution in [2.75, 3.05) is 11.9 Å². The third-order valence-electron chi connectivity index (χ3n) is 4.70. The van der Waals surface area contributed by atoms with Crippen LogP contribution in [0, 0.1) is 18.6 Å². The van der Waals surface area contributed by atoms with Gasteiger partial charge in [0.25, 0.3) is 5.56 Å². The Morgan fingerprint density at radius 1 is 1.06 bits per heavy atom. The van der Waals surface area contributed by atoms with Gasteiger partial charge < -0.3 is 10.6 Å². The van der Waals surface area contributed by atoms with Crippen LogP contribution in [-0.4, -0.2) is 27.3 Å². The molecule has 2 heterocycles. The number of halogens is 2. The number of aromatic nitrogens is 3. The number of anilines is 1. The molecule has 0 radical (unpaired) electrons. The average molecular weight is 468 g/mol. The second-order valence-electron chi connectivity index (χ2n) is 7.09. The van der Waals surface area contributed by atoms with Crippen molar-refractivity contribution in [2.45, 2.75) is 13.5 Å². The van der Waals surface area contributed by atoms with E-state index in [0.29, 0.717) is 5.69 Å². The molecule has 2 aromatic heterocycles. The number of hydrogen-bond acceptors (Lipinski definition) is 5. The fourth-order valence-electron chi connectivity index (χ4n) is 3.09. The monoisotopic (exact) mass is 467 g/mol. The van der Waals surface area contributed by atoms with E-state index in [2.05, 4.69) is 20.7 Å². The molecule has 0 unspecified atom stereocenters. The minimum absolute atomic E-state index is 0.100. The van der Waals surface area contributed by atoms with Crippen LogP contribution >= 0.6 is 11.3 Å². The number of amides is 2. The van der Waals surface area contributed by atoms with Gasteiger partial charge >= 0.3 is 6.03 Å². The standard InChI is InChI=1S/C23H19F2N5O2S/c1-14-21(33-22(27-14)15-5-3-2-4-6-15)19-9-10-20(31)30(29-19)12-11-26-23(32)28-16-7-8-17(24)18(25)13-16/h2-10,13H,11-12H2,1H3,(H2,26,28,32). The number of urea groups is 1. The summed E-state index contributed by atoms with van der Waals surface area (Å²) in [5.74, 6) is -2.06. The number of hydrogen-bond donors (Lipinski definition) is 2. The molecule has 0 saturated heterocycles. The van der Waals surface area contributed by atoms with Gasteiger partial charge in [-0.2, -0.15) is 5.10 Å². The number of aryl methyl sites for hydroxylation is 1. The smallest absolute Gasteiger partial charge is 0.319 e. The predicted molar refractivity (Wildman–Crippen MR) is 123 cm³/mol. The normalized spacial score (nSPS) is 10.8. The Hall–Kier alpha value is -3.92. The molecule has 0 saturated carbocycles. The van der Waals surface area contributed by atoms with Gasteiger partial charge in [-0.1, -0.05) is 30.3 Å². The van der Waals surface area contributed by atoms with Crippen molar-refractivity contribution in [3.05, 3.63) is 88.3 Å². The second-order valence-corrected chi connectivity index (χ2v) is 8.09. The maximum atomic E-state index is 13.3. The van der Waals surface area contributed by atoms with E-state index >= 15 is 0 Å². The maximum Gasteiger partial charge on any atom is 0.319 e. The highest BCUT2D eigenvalue weighted by molar-refractivity contribution is 7.18. The van der Waals surface area contributed by atoms with Crippen molar-refractivity contribution >= 4 is 23.1 Å². The third-order valence-corrected chi connectivity index (χ3v) is 5.93. The van der Waals surface area contributed by atoms with Crippen LogP contribution in [0.15, 0.2) is 65.5 Å². The Bertz CT molecular complexity index is 1350. The first kappa shape index (κ1) is 22.3. The molecule has 0 aliphatic carbocycles. The van der Waals surface area contributed by atoms with Crippen molar-refractivity contribution in [1.29, 1.82) is 0 Å².